The molecule has 2 aromatic rings. The van der Waals surface area contributed by atoms with Gasteiger partial charge in [0.25, 0.3) is 10.0 Å². The number of nitrogens with one attached hydrogen (secondary N) is 2. The second-order valence-corrected chi connectivity index (χ2v) is 7.39. The van der Waals surface area contributed by atoms with Crippen molar-refractivity contribution in [3.05, 3.63) is 53.6 Å². The van der Waals surface area contributed by atoms with Crippen molar-refractivity contribution in [3.63, 3.8) is 0 Å². The van der Waals surface area contributed by atoms with Crippen LogP contribution in [0.25, 0.3) is 0 Å². The third kappa shape index (κ3) is 4.73. The van der Waals surface area contributed by atoms with Gasteiger partial charge in [0.1, 0.15) is 0 Å². The predicted molar refractivity (Wildman–Crippen MR) is 96.6 cm³/mol. The highest BCUT2D eigenvalue weighted by molar-refractivity contribution is 7.92. The Bertz CT molecular complexity index is 753. The Balaban J connectivity index is 2.09. The molecule has 0 amide bonds. The van der Waals surface area contributed by atoms with Crippen LogP contribution in [0, 0.1) is 13.8 Å². The molecule has 2 aromatic carbocycles. The van der Waals surface area contributed by atoms with Crippen molar-refractivity contribution in [3.8, 4) is 0 Å². The molecule has 0 heterocycles. The van der Waals surface area contributed by atoms with Gasteiger partial charge in [-0.05, 0) is 67.8 Å². The van der Waals surface area contributed by atoms with Crippen molar-refractivity contribution in [2.75, 3.05) is 16.6 Å². The number of rotatable bonds is 7. The summed E-state index contributed by atoms with van der Waals surface area (Å²) in [4.78, 5) is 0.283. The smallest absolute Gasteiger partial charge is 0.261 e. The maximum atomic E-state index is 12.4. The highest BCUT2D eigenvalue weighted by Gasteiger charge is 2.14. The van der Waals surface area contributed by atoms with Gasteiger partial charge in [-0.1, -0.05) is 19.4 Å². The molecule has 5 heteroatoms. The Morgan fingerprint density at radius 3 is 2.17 bits per heavy atom. The Morgan fingerprint density at radius 1 is 0.913 bits per heavy atom. The molecule has 0 aromatic heterocycles. The van der Waals surface area contributed by atoms with Crippen molar-refractivity contribution in [2.45, 2.75) is 38.5 Å². The van der Waals surface area contributed by atoms with E-state index in [-0.39, 0.29) is 4.90 Å². The topological polar surface area (TPSA) is 58.2 Å². The van der Waals surface area contributed by atoms with Gasteiger partial charge in [0.15, 0.2) is 0 Å². The molecule has 124 valence electrons. The second-order valence-electron chi connectivity index (χ2n) is 5.71. The summed E-state index contributed by atoms with van der Waals surface area (Å²) in [5.74, 6) is 0. The fourth-order valence-electron chi connectivity index (χ4n) is 2.16. The minimum Gasteiger partial charge on any atom is -0.385 e. The molecule has 0 aliphatic carbocycles. The largest absolute Gasteiger partial charge is 0.385 e. The maximum Gasteiger partial charge on any atom is 0.261 e. The summed E-state index contributed by atoms with van der Waals surface area (Å²) >= 11 is 0. The lowest BCUT2D eigenvalue weighted by molar-refractivity contribution is 0.601. The Hall–Kier alpha value is -2.01. The van der Waals surface area contributed by atoms with Gasteiger partial charge in [-0.3, -0.25) is 4.72 Å². The van der Waals surface area contributed by atoms with Gasteiger partial charge in [-0.15, -0.1) is 0 Å². The normalized spacial score (nSPS) is 11.3. The molecule has 0 saturated carbocycles. The lowest BCUT2D eigenvalue weighted by Crippen LogP contribution is -2.13. The summed E-state index contributed by atoms with van der Waals surface area (Å²) in [6, 6.07) is 12.5. The molecule has 2 N–H and O–H groups in total. The van der Waals surface area contributed by atoms with Gasteiger partial charge in [-0.2, -0.15) is 0 Å². The SMILES string of the molecule is CCCCNc1ccc(NS(=O)(=O)c2ccc(C)c(C)c2)cc1. The average molecular weight is 332 g/mol. The lowest BCUT2D eigenvalue weighted by Gasteiger charge is -2.11. The van der Waals surface area contributed by atoms with Crippen LogP contribution in [0.2, 0.25) is 0 Å². The molecule has 0 aliphatic rings. The quantitative estimate of drug-likeness (QED) is 0.743. The van der Waals surface area contributed by atoms with E-state index >= 15 is 0 Å². The van der Waals surface area contributed by atoms with Crippen molar-refractivity contribution >= 4 is 21.4 Å². The summed E-state index contributed by atoms with van der Waals surface area (Å²) < 4.78 is 27.5. The Labute approximate surface area is 139 Å². The van der Waals surface area contributed by atoms with E-state index in [1.807, 2.05) is 32.0 Å². The monoisotopic (exact) mass is 332 g/mol. The summed E-state index contributed by atoms with van der Waals surface area (Å²) in [6.45, 7) is 6.94. The van der Waals surface area contributed by atoms with Crippen LogP contribution in [0.15, 0.2) is 47.4 Å². The zero-order chi connectivity index (χ0) is 16.9. The van der Waals surface area contributed by atoms with Crippen LogP contribution in [0.3, 0.4) is 0 Å². The second kappa shape index (κ2) is 7.51. The van der Waals surface area contributed by atoms with Crippen molar-refractivity contribution in [1.82, 2.24) is 0 Å². The van der Waals surface area contributed by atoms with E-state index in [1.54, 1.807) is 24.3 Å². The van der Waals surface area contributed by atoms with Gasteiger partial charge in [0.2, 0.25) is 0 Å². The lowest BCUT2D eigenvalue weighted by atomic mass is 10.1. The zero-order valence-corrected chi connectivity index (χ0v) is 14.7. The summed E-state index contributed by atoms with van der Waals surface area (Å²) in [5.41, 5.74) is 3.59. The molecule has 0 atom stereocenters. The molecule has 23 heavy (non-hydrogen) atoms. The van der Waals surface area contributed by atoms with Gasteiger partial charge in [-0.25, -0.2) is 8.42 Å². The number of unbranched alkanes of at least 4 members (excludes halogenated alkanes) is 1. The minimum atomic E-state index is -3.56. The van der Waals surface area contributed by atoms with Gasteiger partial charge in [0, 0.05) is 17.9 Å². The van der Waals surface area contributed by atoms with Crippen molar-refractivity contribution in [2.24, 2.45) is 0 Å². The number of hydrogen-bond acceptors (Lipinski definition) is 3. The van der Waals surface area contributed by atoms with Crippen LogP contribution in [-0.2, 0) is 10.0 Å². The standard InChI is InChI=1S/C18H24N2O2S/c1-4-5-12-19-16-7-9-17(10-8-16)20-23(21,22)18-11-6-14(2)15(3)13-18/h6-11,13,19-20H,4-5,12H2,1-3H3. The fraction of sp³-hybridized carbons (Fsp3) is 0.333. The van der Waals surface area contributed by atoms with Crippen LogP contribution in [0.5, 0.6) is 0 Å². The van der Waals surface area contributed by atoms with E-state index < -0.39 is 10.0 Å². The highest BCUT2D eigenvalue weighted by Crippen LogP contribution is 2.20. The first-order valence-electron chi connectivity index (χ1n) is 7.86. The number of anilines is 2. The van der Waals surface area contributed by atoms with E-state index in [0.29, 0.717) is 5.69 Å². The molecule has 2 rings (SSSR count). The molecule has 0 saturated heterocycles. The van der Waals surface area contributed by atoms with Crippen molar-refractivity contribution in [1.29, 1.82) is 0 Å². The predicted octanol–water partition coefficient (Wildman–Crippen LogP) is 4.32. The maximum absolute atomic E-state index is 12.4. The van der Waals surface area contributed by atoms with E-state index in [2.05, 4.69) is 17.0 Å². The van der Waals surface area contributed by atoms with E-state index in [0.717, 1.165) is 36.2 Å². The summed E-state index contributed by atoms with van der Waals surface area (Å²) in [7, 11) is -3.56. The summed E-state index contributed by atoms with van der Waals surface area (Å²) in [5, 5.41) is 3.30. The van der Waals surface area contributed by atoms with Crippen LogP contribution in [0.4, 0.5) is 11.4 Å². The van der Waals surface area contributed by atoms with E-state index in [9.17, 15) is 8.42 Å². The van der Waals surface area contributed by atoms with Crippen LogP contribution < -0.4 is 10.0 Å². The minimum absolute atomic E-state index is 0.283. The highest BCUT2D eigenvalue weighted by atomic mass is 32.2. The van der Waals surface area contributed by atoms with Crippen LogP contribution >= 0.6 is 0 Å². The Morgan fingerprint density at radius 2 is 1.57 bits per heavy atom. The first kappa shape index (κ1) is 17.3. The Kier molecular flexibility index (Phi) is 5.66. The third-order valence-electron chi connectivity index (χ3n) is 3.79. The molecule has 0 unspecified atom stereocenters. The average Bonchev–Trinajstić information content (AvgIpc) is 2.51. The molecule has 0 bridgehead atoms. The van der Waals surface area contributed by atoms with Crippen molar-refractivity contribution < 1.29 is 8.42 Å². The molecular formula is C18H24N2O2S. The first-order valence-corrected chi connectivity index (χ1v) is 9.34. The number of sulfonamides is 1. The van der Waals surface area contributed by atoms with Crippen LogP contribution in [0.1, 0.15) is 30.9 Å². The molecule has 0 aliphatic heterocycles. The molecule has 0 radical (unpaired) electrons. The summed E-state index contributed by atoms with van der Waals surface area (Å²) in [6.07, 6.45) is 2.25. The molecule has 0 fully saturated rings. The van der Waals surface area contributed by atoms with E-state index in [4.69, 9.17) is 0 Å². The number of hydrogen-bond donors (Lipinski definition) is 2. The number of aryl methyl sites for hydroxylation is 2. The fourth-order valence-corrected chi connectivity index (χ4v) is 3.30. The van der Waals surface area contributed by atoms with Gasteiger partial charge in [0.05, 0.1) is 4.90 Å². The number of benzene rings is 2. The molecular weight excluding hydrogens is 308 g/mol. The van der Waals surface area contributed by atoms with Crippen LogP contribution in [-0.4, -0.2) is 15.0 Å². The molecule has 0 spiro atoms. The first-order chi connectivity index (χ1) is 10.9. The zero-order valence-electron chi connectivity index (χ0n) is 13.9. The third-order valence-corrected chi connectivity index (χ3v) is 5.16. The molecule has 4 nitrogen and oxygen atoms in total. The van der Waals surface area contributed by atoms with E-state index in [1.165, 1.54) is 0 Å². The van der Waals surface area contributed by atoms with Gasteiger partial charge >= 0.3 is 0 Å². The van der Waals surface area contributed by atoms with Gasteiger partial charge < -0.3 is 5.32 Å².